The maximum atomic E-state index is 12.5. The molecular weight excluding hydrogens is 448 g/mol. The molecule has 3 rings (SSSR count). The van der Waals surface area contributed by atoms with Gasteiger partial charge in [-0.15, -0.1) is 0 Å². The van der Waals surface area contributed by atoms with E-state index in [9.17, 15) is 9.59 Å². The Kier molecular flexibility index (Phi) is 7.25. The zero-order valence-electron chi connectivity index (χ0n) is 17.5. The Morgan fingerprint density at radius 3 is 2.57 bits per heavy atom. The molecule has 0 aliphatic carbocycles. The van der Waals surface area contributed by atoms with Crippen LogP contribution in [-0.2, 0) is 13.6 Å². The molecular formula is C21H27BrN6O2. The lowest BCUT2D eigenvalue weighted by Gasteiger charge is -2.09. The van der Waals surface area contributed by atoms with E-state index in [1.165, 1.54) is 17.4 Å². The van der Waals surface area contributed by atoms with Crippen molar-refractivity contribution in [2.75, 3.05) is 5.43 Å². The highest BCUT2D eigenvalue weighted by Gasteiger charge is 2.17. The summed E-state index contributed by atoms with van der Waals surface area (Å²) in [6.45, 7) is 4.70. The lowest BCUT2D eigenvalue weighted by Crippen LogP contribution is -2.29. The van der Waals surface area contributed by atoms with Crippen molar-refractivity contribution in [2.24, 2.45) is 12.1 Å². The number of rotatable bonds is 9. The number of aromatic nitrogens is 4. The van der Waals surface area contributed by atoms with Crippen LogP contribution >= 0.6 is 15.9 Å². The van der Waals surface area contributed by atoms with E-state index in [4.69, 9.17) is 0 Å². The highest BCUT2D eigenvalue weighted by Crippen LogP contribution is 2.18. The first kappa shape index (κ1) is 22.0. The molecule has 0 atom stereocenters. The van der Waals surface area contributed by atoms with Crippen molar-refractivity contribution in [2.45, 2.75) is 52.5 Å². The van der Waals surface area contributed by atoms with Crippen LogP contribution in [0.3, 0.4) is 0 Å². The molecule has 0 amide bonds. The second-order valence-corrected chi connectivity index (χ2v) is 8.22. The number of aryl methyl sites for hydroxylation is 2. The van der Waals surface area contributed by atoms with Gasteiger partial charge in [-0.2, -0.15) is 10.1 Å². The van der Waals surface area contributed by atoms with Crippen LogP contribution in [0, 0.1) is 0 Å². The number of hydrogen-bond donors (Lipinski definition) is 2. The summed E-state index contributed by atoms with van der Waals surface area (Å²) in [4.78, 5) is 31.4. The van der Waals surface area contributed by atoms with Gasteiger partial charge in [0.1, 0.15) is 0 Å². The smallest absolute Gasteiger partial charge is 0.303 e. The molecule has 2 aromatic heterocycles. The molecule has 0 unspecified atom stereocenters. The first-order valence-electron chi connectivity index (χ1n) is 10.2. The van der Waals surface area contributed by atoms with Gasteiger partial charge in [-0.25, -0.2) is 10.2 Å². The average Bonchev–Trinajstić information content (AvgIpc) is 3.10. The molecule has 0 bridgehead atoms. The molecule has 2 N–H and O–H groups in total. The van der Waals surface area contributed by atoms with Crippen molar-refractivity contribution in [3.8, 4) is 0 Å². The van der Waals surface area contributed by atoms with Crippen LogP contribution in [0.5, 0.6) is 0 Å². The van der Waals surface area contributed by atoms with Crippen molar-refractivity contribution in [3.05, 3.63) is 55.1 Å². The summed E-state index contributed by atoms with van der Waals surface area (Å²) in [6.07, 6.45) is 5.51. The Morgan fingerprint density at radius 1 is 1.17 bits per heavy atom. The number of halogens is 1. The lowest BCUT2D eigenvalue weighted by atomic mass is 10.1. The Balaban J connectivity index is 1.94. The SMILES string of the molecule is CCCCCCCn1c(N/N=C(\C)c2ccc(Br)cc2)nc2c1c(=O)[nH]c(=O)n2C. The van der Waals surface area contributed by atoms with E-state index in [0.29, 0.717) is 23.7 Å². The molecule has 0 fully saturated rings. The molecule has 9 heteroatoms. The van der Waals surface area contributed by atoms with Gasteiger partial charge in [-0.05, 0) is 31.0 Å². The molecule has 0 aliphatic rings. The molecule has 30 heavy (non-hydrogen) atoms. The van der Waals surface area contributed by atoms with Crippen LogP contribution in [0.15, 0.2) is 43.4 Å². The highest BCUT2D eigenvalue weighted by molar-refractivity contribution is 9.10. The molecule has 160 valence electrons. The van der Waals surface area contributed by atoms with Crippen LogP contribution in [0.25, 0.3) is 11.2 Å². The summed E-state index contributed by atoms with van der Waals surface area (Å²) < 4.78 is 4.16. The van der Waals surface area contributed by atoms with Crippen molar-refractivity contribution >= 4 is 38.8 Å². The van der Waals surface area contributed by atoms with Crippen LogP contribution in [-0.4, -0.2) is 24.8 Å². The molecule has 0 saturated heterocycles. The van der Waals surface area contributed by atoms with Gasteiger partial charge in [0.25, 0.3) is 5.56 Å². The van der Waals surface area contributed by atoms with E-state index < -0.39 is 11.2 Å². The van der Waals surface area contributed by atoms with Gasteiger partial charge in [0.2, 0.25) is 5.95 Å². The van der Waals surface area contributed by atoms with E-state index in [1.54, 1.807) is 7.05 Å². The Hall–Kier alpha value is -2.68. The summed E-state index contributed by atoms with van der Waals surface area (Å²) in [5.74, 6) is 0.448. The number of imidazole rings is 1. The van der Waals surface area contributed by atoms with E-state index in [0.717, 1.165) is 35.0 Å². The normalized spacial score (nSPS) is 11.9. The molecule has 0 aliphatic heterocycles. The van der Waals surface area contributed by atoms with Gasteiger partial charge in [0, 0.05) is 18.1 Å². The first-order valence-corrected chi connectivity index (χ1v) is 11.0. The number of benzene rings is 1. The molecule has 0 saturated carbocycles. The van der Waals surface area contributed by atoms with Gasteiger partial charge >= 0.3 is 5.69 Å². The molecule has 8 nitrogen and oxygen atoms in total. The first-order chi connectivity index (χ1) is 14.4. The third kappa shape index (κ3) is 4.89. The number of hydrazone groups is 1. The van der Waals surface area contributed by atoms with Crippen LogP contribution in [0.4, 0.5) is 5.95 Å². The zero-order chi connectivity index (χ0) is 21.7. The van der Waals surface area contributed by atoms with Crippen LogP contribution in [0.2, 0.25) is 0 Å². The number of H-pyrrole nitrogens is 1. The fraction of sp³-hybridized carbons (Fsp3) is 0.429. The zero-order valence-corrected chi connectivity index (χ0v) is 19.1. The average molecular weight is 475 g/mol. The quantitative estimate of drug-likeness (QED) is 0.278. The van der Waals surface area contributed by atoms with E-state index in [1.807, 2.05) is 35.8 Å². The molecule has 2 heterocycles. The Labute approximate surface area is 183 Å². The number of unbranched alkanes of at least 4 members (excludes halogenated alkanes) is 4. The molecule has 3 aromatic rings. The Morgan fingerprint density at radius 2 is 1.87 bits per heavy atom. The Bertz CT molecular complexity index is 1160. The van der Waals surface area contributed by atoms with Crippen molar-refractivity contribution in [1.29, 1.82) is 0 Å². The van der Waals surface area contributed by atoms with Gasteiger partial charge in [-0.1, -0.05) is 60.7 Å². The van der Waals surface area contributed by atoms with Crippen LogP contribution < -0.4 is 16.7 Å². The predicted molar refractivity (Wildman–Crippen MR) is 124 cm³/mol. The highest BCUT2D eigenvalue weighted by atomic mass is 79.9. The maximum absolute atomic E-state index is 12.5. The number of fused-ring (bicyclic) bond motifs is 1. The molecule has 1 aromatic carbocycles. The minimum atomic E-state index is -0.485. The minimum Gasteiger partial charge on any atom is -0.303 e. The summed E-state index contributed by atoms with van der Waals surface area (Å²) in [5.41, 5.74) is 4.56. The fourth-order valence-electron chi connectivity index (χ4n) is 3.30. The topological polar surface area (TPSA) is 97.1 Å². The fourth-order valence-corrected chi connectivity index (χ4v) is 3.56. The van der Waals surface area contributed by atoms with E-state index in [2.05, 4.69) is 43.3 Å². The van der Waals surface area contributed by atoms with E-state index >= 15 is 0 Å². The van der Waals surface area contributed by atoms with Crippen molar-refractivity contribution in [3.63, 3.8) is 0 Å². The number of nitrogens with one attached hydrogen (secondary N) is 2. The van der Waals surface area contributed by atoms with Gasteiger partial charge < -0.3 is 4.57 Å². The maximum Gasteiger partial charge on any atom is 0.329 e. The van der Waals surface area contributed by atoms with Crippen molar-refractivity contribution in [1.82, 2.24) is 19.1 Å². The summed E-state index contributed by atoms with van der Waals surface area (Å²) >= 11 is 3.43. The van der Waals surface area contributed by atoms with Crippen LogP contribution in [0.1, 0.15) is 51.5 Å². The van der Waals surface area contributed by atoms with E-state index in [-0.39, 0.29) is 0 Å². The third-order valence-corrected chi connectivity index (χ3v) is 5.61. The van der Waals surface area contributed by atoms with Gasteiger partial charge in [-0.3, -0.25) is 14.3 Å². The summed E-state index contributed by atoms with van der Waals surface area (Å²) in [6, 6.07) is 7.84. The summed E-state index contributed by atoms with van der Waals surface area (Å²) in [7, 11) is 1.60. The second kappa shape index (κ2) is 9.88. The largest absolute Gasteiger partial charge is 0.329 e. The number of nitrogens with zero attached hydrogens (tertiary/aromatic N) is 4. The number of hydrogen-bond acceptors (Lipinski definition) is 5. The summed E-state index contributed by atoms with van der Waals surface area (Å²) in [5, 5.41) is 4.46. The molecule has 0 radical (unpaired) electrons. The monoisotopic (exact) mass is 474 g/mol. The molecule has 0 spiro atoms. The van der Waals surface area contributed by atoms with Gasteiger partial charge in [0.05, 0.1) is 5.71 Å². The third-order valence-electron chi connectivity index (χ3n) is 5.08. The predicted octanol–water partition coefficient (Wildman–Crippen LogP) is 3.99. The number of aromatic amines is 1. The standard InChI is InChI=1S/C21H27BrN6O2/c1-4-5-6-7-8-13-28-17-18(27(3)21(30)24-19(17)29)23-20(28)26-25-14(2)15-9-11-16(22)12-10-15/h9-12H,4-8,13H2,1-3H3,(H,23,26)(H,24,29,30)/b25-14+. The lowest BCUT2D eigenvalue weighted by molar-refractivity contribution is 0.577. The minimum absolute atomic E-state index is 0.344. The van der Waals surface area contributed by atoms with Crippen molar-refractivity contribution < 1.29 is 0 Å². The van der Waals surface area contributed by atoms with Gasteiger partial charge in [0.15, 0.2) is 11.2 Å². The number of anilines is 1. The second-order valence-electron chi connectivity index (χ2n) is 7.31.